The Morgan fingerprint density at radius 3 is 2.31 bits per heavy atom. The second-order valence-electron chi connectivity index (χ2n) is 9.42. The summed E-state index contributed by atoms with van der Waals surface area (Å²) in [6.45, 7) is 8.96. The minimum absolute atomic E-state index is 0.350. The zero-order valence-electron chi connectivity index (χ0n) is 19.1. The molecule has 3 fully saturated rings. The molecular weight excluding hydrogens is 362 g/mol. The highest BCUT2D eigenvalue weighted by Gasteiger charge is 2.38. The number of nitrogens with one attached hydrogen (secondary N) is 2. The molecule has 3 rings (SSSR count). The van der Waals surface area contributed by atoms with Crippen LogP contribution in [0.2, 0.25) is 0 Å². The molecule has 0 radical (unpaired) electrons. The van der Waals surface area contributed by atoms with Gasteiger partial charge in [-0.15, -0.1) is 0 Å². The second kappa shape index (κ2) is 12.1. The zero-order valence-corrected chi connectivity index (χ0v) is 19.1. The number of hydrogen-bond donors (Lipinski definition) is 2. The van der Waals surface area contributed by atoms with E-state index in [0.717, 1.165) is 38.1 Å². The first kappa shape index (κ1) is 22.8. The van der Waals surface area contributed by atoms with Crippen molar-refractivity contribution in [3.8, 4) is 0 Å². The van der Waals surface area contributed by atoms with Crippen LogP contribution < -0.4 is 10.6 Å². The molecular formula is C23H45N5O. The third-order valence-electron chi connectivity index (χ3n) is 7.50. The molecule has 168 valence electrons. The monoisotopic (exact) mass is 407 g/mol. The molecule has 0 aromatic heterocycles. The number of likely N-dealkylation sites (tertiary alicyclic amines) is 2. The second-order valence-corrected chi connectivity index (χ2v) is 9.42. The summed E-state index contributed by atoms with van der Waals surface area (Å²) in [6.07, 6.45) is 13.6. The normalized spacial score (nSPS) is 25.1. The third-order valence-corrected chi connectivity index (χ3v) is 7.50. The molecule has 2 N–H and O–H groups in total. The van der Waals surface area contributed by atoms with Crippen LogP contribution in [0.4, 0.5) is 0 Å². The van der Waals surface area contributed by atoms with Gasteiger partial charge in [0.1, 0.15) is 0 Å². The Balaban J connectivity index is 1.43. The highest BCUT2D eigenvalue weighted by Crippen LogP contribution is 2.35. The summed E-state index contributed by atoms with van der Waals surface area (Å²) < 4.78 is 5.21. The van der Waals surface area contributed by atoms with Crippen molar-refractivity contribution in [2.75, 3.05) is 66.6 Å². The van der Waals surface area contributed by atoms with Crippen molar-refractivity contribution in [2.24, 2.45) is 10.9 Å². The molecule has 0 aromatic rings. The lowest BCUT2D eigenvalue weighted by atomic mass is 9.79. The molecule has 29 heavy (non-hydrogen) atoms. The van der Waals surface area contributed by atoms with E-state index in [-0.39, 0.29) is 0 Å². The fraction of sp³-hybridized carbons (Fsp3) is 0.957. The lowest BCUT2D eigenvalue weighted by Crippen LogP contribution is -2.59. The van der Waals surface area contributed by atoms with Gasteiger partial charge in [0.15, 0.2) is 5.96 Å². The topological polar surface area (TPSA) is 52.1 Å². The average molecular weight is 408 g/mol. The van der Waals surface area contributed by atoms with Crippen LogP contribution >= 0.6 is 0 Å². The first-order valence-electron chi connectivity index (χ1n) is 12.2. The van der Waals surface area contributed by atoms with Crippen molar-refractivity contribution in [1.82, 2.24) is 20.4 Å². The van der Waals surface area contributed by atoms with Crippen molar-refractivity contribution in [1.29, 1.82) is 0 Å². The van der Waals surface area contributed by atoms with Gasteiger partial charge in [0.2, 0.25) is 0 Å². The molecule has 0 spiro atoms. The standard InChI is InChI=1S/C23H45N5O/c1-24-22(25-19-21-9-15-27(16-10-21)17-18-29-2)26-20-23(11-5-3-6-12-23)28-13-7-4-8-14-28/h21H,3-20H2,1-2H3,(H2,24,25,26). The molecule has 0 unspecified atom stereocenters. The van der Waals surface area contributed by atoms with E-state index >= 15 is 0 Å². The summed E-state index contributed by atoms with van der Waals surface area (Å²) in [4.78, 5) is 9.88. The molecule has 2 saturated heterocycles. The Morgan fingerprint density at radius 2 is 1.66 bits per heavy atom. The first-order valence-corrected chi connectivity index (χ1v) is 12.2. The lowest BCUT2D eigenvalue weighted by Gasteiger charge is -2.48. The van der Waals surface area contributed by atoms with E-state index in [1.165, 1.54) is 90.4 Å². The quantitative estimate of drug-likeness (QED) is 0.479. The van der Waals surface area contributed by atoms with Crippen LogP contribution in [0.1, 0.15) is 64.2 Å². The maximum atomic E-state index is 5.21. The number of ether oxygens (including phenoxy) is 1. The smallest absolute Gasteiger partial charge is 0.191 e. The van der Waals surface area contributed by atoms with Gasteiger partial charge in [0, 0.05) is 39.3 Å². The average Bonchev–Trinajstić information content (AvgIpc) is 2.80. The van der Waals surface area contributed by atoms with Gasteiger partial charge >= 0.3 is 0 Å². The summed E-state index contributed by atoms with van der Waals surface area (Å²) in [6, 6.07) is 0. The molecule has 0 amide bonds. The first-order chi connectivity index (χ1) is 14.3. The summed E-state index contributed by atoms with van der Waals surface area (Å²) in [5, 5.41) is 7.36. The molecule has 2 aliphatic heterocycles. The van der Waals surface area contributed by atoms with E-state index in [1.54, 1.807) is 7.11 Å². The van der Waals surface area contributed by atoms with E-state index in [2.05, 4.69) is 25.4 Å². The van der Waals surface area contributed by atoms with Crippen LogP contribution in [0.5, 0.6) is 0 Å². The Labute approximate surface area is 178 Å². The maximum Gasteiger partial charge on any atom is 0.191 e. The predicted octanol–water partition coefficient (Wildman–Crippen LogP) is 2.70. The molecule has 6 nitrogen and oxygen atoms in total. The van der Waals surface area contributed by atoms with Crippen molar-refractivity contribution in [2.45, 2.75) is 69.7 Å². The van der Waals surface area contributed by atoms with E-state index < -0.39 is 0 Å². The van der Waals surface area contributed by atoms with E-state index in [0.29, 0.717) is 5.54 Å². The third kappa shape index (κ3) is 6.83. The number of hydrogen-bond acceptors (Lipinski definition) is 4. The number of aliphatic imine (C=N–C) groups is 1. The van der Waals surface area contributed by atoms with Gasteiger partial charge in [-0.25, -0.2) is 0 Å². The Bertz CT molecular complexity index is 478. The predicted molar refractivity (Wildman–Crippen MR) is 122 cm³/mol. The Morgan fingerprint density at radius 1 is 0.966 bits per heavy atom. The minimum atomic E-state index is 0.350. The van der Waals surface area contributed by atoms with Gasteiger partial charge in [0.25, 0.3) is 0 Å². The summed E-state index contributed by atoms with van der Waals surface area (Å²) in [7, 11) is 3.70. The van der Waals surface area contributed by atoms with Crippen LogP contribution in [0.3, 0.4) is 0 Å². The number of methoxy groups -OCH3 is 1. The van der Waals surface area contributed by atoms with Gasteiger partial charge < -0.3 is 20.3 Å². The van der Waals surface area contributed by atoms with Crippen LogP contribution in [-0.4, -0.2) is 87.9 Å². The maximum absolute atomic E-state index is 5.21. The van der Waals surface area contributed by atoms with Crippen molar-refractivity contribution in [3.05, 3.63) is 0 Å². The number of rotatable bonds is 8. The molecule has 0 bridgehead atoms. The number of piperidine rings is 2. The molecule has 1 saturated carbocycles. The highest BCUT2D eigenvalue weighted by molar-refractivity contribution is 5.79. The van der Waals surface area contributed by atoms with Gasteiger partial charge in [-0.3, -0.25) is 9.89 Å². The van der Waals surface area contributed by atoms with E-state index in [1.807, 2.05) is 7.05 Å². The summed E-state index contributed by atoms with van der Waals surface area (Å²) in [5.74, 6) is 1.74. The van der Waals surface area contributed by atoms with Crippen LogP contribution in [0, 0.1) is 5.92 Å². The van der Waals surface area contributed by atoms with Crippen LogP contribution in [0.25, 0.3) is 0 Å². The molecule has 1 aliphatic carbocycles. The van der Waals surface area contributed by atoms with E-state index in [4.69, 9.17) is 4.74 Å². The molecule has 0 aromatic carbocycles. The van der Waals surface area contributed by atoms with Crippen LogP contribution in [0.15, 0.2) is 4.99 Å². The number of guanidine groups is 1. The molecule has 0 atom stereocenters. The van der Waals surface area contributed by atoms with E-state index in [9.17, 15) is 0 Å². The van der Waals surface area contributed by atoms with Gasteiger partial charge in [0.05, 0.1) is 6.61 Å². The lowest BCUT2D eigenvalue weighted by molar-refractivity contribution is 0.0368. The molecule has 2 heterocycles. The van der Waals surface area contributed by atoms with Crippen molar-refractivity contribution >= 4 is 5.96 Å². The largest absolute Gasteiger partial charge is 0.383 e. The minimum Gasteiger partial charge on any atom is -0.383 e. The number of nitrogens with zero attached hydrogens (tertiary/aromatic N) is 3. The fourth-order valence-electron chi connectivity index (χ4n) is 5.53. The Kier molecular flexibility index (Phi) is 9.53. The zero-order chi connectivity index (χ0) is 20.4. The van der Waals surface area contributed by atoms with Crippen molar-refractivity contribution in [3.63, 3.8) is 0 Å². The summed E-state index contributed by atoms with van der Waals surface area (Å²) >= 11 is 0. The van der Waals surface area contributed by atoms with Gasteiger partial charge in [-0.05, 0) is 70.6 Å². The summed E-state index contributed by atoms with van der Waals surface area (Å²) in [5.41, 5.74) is 0.350. The molecule has 6 heteroatoms. The van der Waals surface area contributed by atoms with Gasteiger partial charge in [-0.1, -0.05) is 25.7 Å². The highest BCUT2D eigenvalue weighted by atomic mass is 16.5. The SMILES string of the molecule is CN=C(NCC1CCN(CCOC)CC1)NCC1(N2CCCCC2)CCCCC1. The van der Waals surface area contributed by atoms with Gasteiger partial charge in [-0.2, -0.15) is 0 Å². The Hall–Kier alpha value is -0.850. The van der Waals surface area contributed by atoms with Crippen molar-refractivity contribution < 1.29 is 4.74 Å². The van der Waals surface area contributed by atoms with Crippen LogP contribution in [-0.2, 0) is 4.74 Å². The molecule has 3 aliphatic rings. The fourth-order valence-corrected chi connectivity index (χ4v) is 5.53.